The van der Waals surface area contributed by atoms with E-state index in [1.165, 1.54) is 14.0 Å². The van der Waals surface area contributed by atoms with E-state index in [9.17, 15) is 9.59 Å². The molecule has 154 valence electrons. The predicted molar refractivity (Wildman–Crippen MR) is 108 cm³/mol. The molecule has 7 nitrogen and oxygen atoms in total. The number of aryl methyl sites for hydroxylation is 1. The molecule has 0 unspecified atom stereocenters. The second-order valence-electron chi connectivity index (χ2n) is 6.55. The van der Waals surface area contributed by atoms with E-state index >= 15 is 0 Å². The molecule has 0 fully saturated rings. The maximum Gasteiger partial charge on any atom is 0.339 e. The van der Waals surface area contributed by atoms with Gasteiger partial charge in [-0.1, -0.05) is 11.6 Å². The topological polar surface area (TPSA) is 83.1 Å². The van der Waals surface area contributed by atoms with Gasteiger partial charge in [-0.05, 0) is 43.7 Å². The summed E-state index contributed by atoms with van der Waals surface area (Å²) in [5, 5.41) is 3.22. The molecule has 3 rings (SSSR count). The minimum atomic E-state index is -1.03. The summed E-state index contributed by atoms with van der Waals surface area (Å²) >= 11 is 6.08. The number of methoxy groups -OCH3 is 1. The summed E-state index contributed by atoms with van der Waals surface area (Å²) < 4.78 is 21.7. The third-order valence-electron chi connectivity index (χ3n) is 4.37. The highest BCUT2D eigenvalue weighted by atomic mass is 35.5. The molecule has 0 radical (unpaired) electrons. The molecule has 0 spiro atoms. The number of anilines is 1. The molecule has 0 saturated heterocycles. The number of carbonyl (C=O) groups is 2. The zero-order valence-corrected chi connectivity index (χ0v) is 17.2. The second-order valence-corrected chi connectivity index (χ2v) is 6.96. The van der Waals surface area contributed by atoms with Gasteiger partial charge < -0.3 is 24.3 Å². The van der Waals surface area contributed by atoms with Crippen LogP contribution in [0.3, 0.4) is 0 Å². The van der Waals surface area contributed by atoms with Crippen molar-refractivity contribution in [1.29, 1.82) is 0 Å². The van der Waals surface area contributed by atoms with Crippen molar-refractivity contribution in [2.24, 2.45) is 0 Å². The van der Waals surface area contributed by atoms with Gasteiger partial charge in [-0.3, -0.25) is 4.79 Å². The van der Waals surface area contributed by atoms with Crippen molar-refractivity contribution >= 4 is 29.2 Å². The number of hydrogen-bond donors (Lipinski definition) is 1. The van der Waals surface area contributed by atoms with Crippen LogP contribution in [0.15, 0.2) is 30.3 Å². The number of rotatable bonds is 5. The molecule has 1 heterocycles. The van der Waals surface area contributed by atoms with Gasteiger partial charge in [-0.15, -0.1) is 0 Å². The van der Waals surface area contributed by atoms with Crippen LogP contribution >= 0.6 is 11.6 Å². The Hall–Kier alpha value is -2.93. The highest BCUT2D eigenvalue weighted by molar-refractivity contribution is 6.31. The number of carbonyl (C=O) groups excluding carboxylic acids is 2. The number of fused-ring (bicyclic) bond motifs is 1. The zero-order valence-electron chi connectivity index (χ0n) is 16.4. The van der Waals surface area contributed by atoms with Gasteiger partial charge in [0.2, 0.25) is 0 Å². The molecule has 0 bridgehead atoms. The third-order valence-corrected chi connectivity index (χ3v) is 4.78. The van der Waals surface area contributed by atoms with E-state index in [0.717, 1.165) is 12.0 Å². The van der Waals surface area contributed by atoms with Crippen molar-refractivity contribution in [1.82, 2.24) is 0 Å². The standard InChI is InChI=1S/C21H22ClNO6/c1-12-9-16(18(26-3)11-15(12)22)23-20(24)13(2)29-21(25)14-5-6-17-19(10-14)28-8-4-7-27-17/h5-6,9-11,13H,4,7-8H2,1-3H3,(H,23,24)/t13-/m0/s1. The average molecular weight is 420 g/mol. The first kappa shape index (κ1) is 20.8. The van der Waals surface area contributed by atoms with Gasteiger partial charge in [0.25, 0.3) is 5.91 Å². The molecule has 0 aromatic heterocycles. The lowest BCUT2D eigenvalue weighted by Gasteiger charge is -2.16. The number of halogens is 1. The molecule has 1 amide bonds. The second kappa shape index (κ2) is 9.05. The number of nitrogens with one attached hydrogen (secondary N) is 1. The smallest absolute Gasteiger partial charge is 0.339 e. The third kappa shape index (κ3) is 4.92. The lowest BCUT2D eigenvalue weighted by Crippen LogP contribution is -2.30. The largest absolute Gasteiger partial charge is 0.495 e. The molecule has 2 aromatic carbocycles. The summed E-state index contributed by atoms with van der Waals surface area (Å²) in [6.07, 6.45) is -0.265. The summed E-state index contributed by atoms with van der Waals surface area (Å²) in [6, 6.07) is 8.09. The van der Waals surface area contributed by atoms with Gasteiger partial charge in [-0.2, -0.15) is 0 Å². The van der Waals surface area contributed by atoms with Crippen LogP contribution in [0.1, 0.15) is 29.3 Å². The number of ether oxygens (including phenoxy) is 4. The summed E-state index contributed by atoms with van der Waals surface area (Å²) in [5.74, 6) is 0.344. The van der Waals surface area contributed by atoms with Crippen LogP contribution in [0.25, 0.3) is 0 Å². The van der Waals surface area contributed by atoms with E-state index in [1.807, 2.05) is 6.92 Å². The Morgan fingerprint density at radius 3 is 2.59 bits per heavy atom. The number of esters is 1. The van der Waals surface area contributed by atoms with Gasteiger partial charge in [0, 0.05) is 17.5 Å². The van der Waals surface area contributed by atoms with Crippen LogP contribution < -0.4 is 19.5 Å². The van der Waals surface area contributed by atoms with Crippen LogP contribution in [0.4, 0.5) is 5.69 Å². The van der Waals surface area contributed by atoms with Crippen molar-refractivity contribution in [2.75, 3.05) is 25.6 Å². The Labute approximate surface area is 173 Å². The van der Waals surface area contributed by atoms with Crippen LogP contribution in [-0.4, -0.2) is 38.3 Å². The molecule has 0 saturated carbocycles. The molecular formula is C21H22ClNO6. The fourth-order valence-electron chi connectivity index (χ4n) is 2.74. The fraction of sp³-hybridized carbons (Fsp3) is 0.333. The Bertz CT molecular complexity index is 930. The van der Waals surface area contributed by atoms with E-state index in [4.69, 9.17) is 30.5 Å². The Morgan fingerprint density at radius 2 is 1.86 bits per heavy atom. The fourth-order valence-corrected chi connectivity index (χ4v) is 2.89. The highest BCUT2D eigenvalue weighted by Crippen LogP contribution is 2.32. The summed E-state index contributed by atoms with van der Waals surface area (Å²) in [6.45, 7) is 4.37. The molecule has 2 aromatic rings. The average Bonchev–Trinajstić information content (AvgIpc) is 2.95. The van der Waals surface area contributed by atoms with Crippen molar-refractivity contribution in [3.63, 3.8) is 0 Å². The normalized spacial score (nSPS) is 13.8. The quantitative estimate of drug-likeness (QED) is 0.737. The number of amides is 1. The minimum Gasteiger partial charge on any atom is -0.495 e. The van der Waals surface area contributed by atoms with Crippen LogP contribution in [-0.2, 0) is 9.53 Å². The van der Waals surface area contributed by atoms with E-state index in [2.05, 4.69) is 5.32 Å². The summed E-state index contributed by atoms with van der Waals surface area (Å²) in [7, 11) is 1.48. The lowest BCUT2D eigenvalue weighted by molar-refractivity contribution is -0.123. The van der Waals surface area contributed by atoms with Gasteiger partial charge in [-0.25, -0.2) is 4.79 Å². The number of hydrogen-bond acceptors (Lipinski definition) is 6. The Balaban J connectivity index is 1.68. The summed E-state index contributed by atoms with van der Waals surface area (Å²) in [4.78, 5) is 25.0. The van der Waals surface area contributed by atoms with Crippen molar-refractivity contribution < 1.29 is 28.5 Å². The maximum atomic E-state index is 12.5. The Kier molecular flexibility index (Phi) is 6.49. The van der Waals surface area contributed by atoms with Crippen molar-refractivity contribution in [3.05, 3.63) is 46.5 Å². The first-order valence-corrected chi connectivity index (χ1v) is 9.52. The monoisotopic (exact) mass is 419 g/mol. The molecule has 1 aliphatic heterocycles. The summed E-state index contributed by atoms with van der Waals surface area (Å²) in [5.41, 5.74) is 1.49. The predicted octanol–water partition coefficient (Wildman–Crippen LogP) is 4.00. The number of benzene rings is 2. The SMILES string of the molecule is COc1cc(Cl)c(C)cc1NC(=O)[C@H](C)OC(=O)c1ccc2c(c1)OCCCO2. The molecule has 0 aliphatic carbocycles. The van der Waals surface area contributed by atoms with Crippen molar-refractivity contribution in [2.45, 2.75) is 26.4 Å². The molecule has 1 aliphatic rings. The van der Waals surface area contributed by atoms with Crippen LogP contribution in [0.2, 0.25) is 5.02 Å². The molecule has 8 heteroatoms. The van der Waals surface area contributed by atoms with Gasteiger partial charge >= 0.3 is 5.97 Å². The molecule has 1 atom stereocenters. The van der Waals surface area contributed by atoms with Crippen LogP contribution in [0, 0.1) is 6.92 Å². The lowest BCUT2D eigenvalue weighted by atomic mass is 10.2. The molecule has 29 heavy (non-hydrogen) atoms. The first-order valence-electron chi connectivity index (χ1n) is 9.14. The van der Waals surface area contributed by atoms with Crippen molar-refractivity contribution in [3.8, 4) is 17.2 Å². The van der Waals surface area contributed by atoms with E-state index in [0.29, 0.717) is 41.2 Å². The zero-order chi connectivity index (χ0) is 21.0. The molecular weight excluding hydrogens is 398 g/mol. The van der Waals surface area contributed by atoms with E-state index in [1.54, 1.807) is 30.3 Å². The first-order chi connectivity index (χ1) is 13.9. The van der Waals surface area contributed by atoms with Gasteiger partial charge in [0.15, 0.2) is 17.6 Å². The van der Waals surface area contributed by atoms with Gasteiger partial charge in [0.05, 0.1) is 31.6 Å². The minimum absolute atomic E-state index is 0.272. The van der Waals surface area contributed by atoms with Gasteiger partial charge in [0.1, 0.15) is 5.75 Å². The molecule has 1 N–H and O–H groups in total. The van der Waals surface area contributed by atoms with Crippen LogP contribution in [0.5, 0.6) is 17.2 Å². The maximum absolute atomic E-state index is 12.5. The van der Waals surface area contributed by atoms with E-state index in [-0.39, 0.29) is 5.56 Å². The highest BCUT2D eigenvalue weighted by Gasteiger charge is 2.22. The van der Waals surface area contributed by atoms with E-state index < -0.39 is 18.0 Å². The Morgan fingerprint density at radius 1 is 1.14 bits per heavy atom.